The molecule has 0 aliphatic heterocycles. The zero-order valence-electron chi connectivity index (χ0n) is 9.11. The van der Waals surface area contributed by atoms with Crippen molar-refractivity contribution in [3.8, 4) is 0 Å². The molecule has 0 unspecified atom stereocenters. The van der Waals surface area contributed by atoms with Gasteiger partial charge < -0.3 is 9.15 Å². The predicted octanol–water partition coefficient (Wildman–Crippen LogP) is 3.21. The van der Waals surface area contributed by atoms with E-state index in [0.717, 1.165) is 10.3 Å². The van der Waals surface area contributed by atoms with Crippen LogP contribution >= 0.6 is 12.6 Å². The van der Waals surface area contributed by atoms with E-state index in [0.29, 0.717) is 23.5 Å². The highest BCUT2D eigenvalue weighted by molar-refractivity contribution is 7.80. The van der Waals surface area contributed by atoms with E-state index in [1.807, 2.05) is 6.07 Å². The van der Waals surface area contributed by atoms with Crippen LogP contribution in [0.15, 0.2) is 27.5 Å². The van der Waals surface area contributed by atoms with E-state index in [-0.39, 0.29) is 5.97 Å². The number of hydrogen-bond acceptors (Lipinski definition) is 4. The summed E-state index contributed by atoms with van der Waals surface area (Å²) in [5, 5.41) is 0.753. The normalized spacial score (nSPS) is 10.7. The van der Waals surface area contributed by atoms with Gasteiger partial charge in [0.1, 0.15) is 16.9 Å². The number of carbonyl (C=O) groups is 1. The van der Waals surface area contributed by atoms with Crippen molar-refractivity contribution in [2.75, 3.05) is 6.61 Å². The molecule has 0 bridgehead atoms. The Morgan fingerprint density at radius 1 is 1.50 bits per heavy atom. The summed E-state index contributed by atoms with van der Waals surface area (Å²) in [4.78, 5) is 12.5. The van der Waals surface area contributed by atoms with Gasteiger partial charge in [-0.15, -0.1) is 12.6 Å². The Morgan fingerprint density at radius 2 is 2.25 bits per heavy atom. The monoisotopic (exact) mass is 236 g/mol. The molecule has 2 rings (SSSR count). The van der Waals surface area contributed by atoms with Gasteiger partial charge in [0.2, 0.25) is 0 Å². The van der Waals surface area contributed by atoms with Crippen LogP contribution in [0, 0.1) is 6.92 Å². The molecule has 2 aromatic rings. The van der Waals surface area contributed by atoms with Gasteiger partial charge in [0.15, 0.2) is 0 Å². The molecule has 0 aliphatic carbocycles. The number of benzene rings is 1. The summed E-state index contributed by atoms with van der Waals surface area (Å²) in [6.45, 7) is 3.88. The van der Waals surface area contributed by atoms with E-state index in [2.05, 4.69) is 12.6 Å². The maximum atomic E-state index is 11.7. The zero-order chi connectivity index (χ0) is 11.7. The van der Waals surface area contributed by atoms with Gasteiger partial charge >= 0.3 is 5.97 Å². The number of carbonyl (C=O) groups excluding carboxylic acids is 1. The molecule has 16 heavy (non-hydrogen) atoms. The number of hydrogen-bond donors (Lipinski definition) is 1. The second-order valence-corrected chi connectivity index (χ2v) is 3.95. The highest BCUT2D eigenvalue weighted by Crippen LogP contribution is 2.28. The minimum atomic E-state index is -0.349. The molecule has 4 heteroatoms. The Bertz CT molecular complexity index is 542. The number of thiol groups is 1. The van der Waals surface area contributed by atoms with Gasteiger partial charge in [-0.3, -0.25) is 0 Å². The van der Waals surface area contributed by atoms with Gasteiger partial charge in [-0.05, 0) is 32.0 Å². The number of aryl methyl sites for hydroxylation is 1. The lowest BCUT2D eigenvalue weighted by Gasteiger charge is -2.00. The third kappa shape index (κ3) is 1.80. The summed E-state index contributed by atoms with van der Waals surface area (Å²) >= 11 is 4.24. The van der Waals surface area contributed by atoms with Crippen molar-refractivity contribution < 1.29 is 13.9 Å². The highest BCUT2D eigenvalue weighted by atomic mass is 32.1. The third-order valence-electron chi connectivity index (χ3n) is 2.33. The molecule has 0 spiro atoms. The number of rotatable bonds is 2. The van der Waals surface area contributed by atoms with Crippen LogP contribution in [0.5, 0.6) is 0 Å². The van der Waals surface area contributed by atoms with Crippen molar-refractivity contribution in [2.24, 2.45) is 0 Å². The molecule has 0 saturated heterocycles. The maximum absolute atomic E-state index is 11.7. The van der Waals surface area contributed by atoms with Crippen molar-refractivity contribution in [1.82, 2.24) is 0 Å². The number of esters is 1. The third-order valence-corrected chi connectivity index (χ3v) is 2.61. The van der Waals surface area contributed by atoms with E-state index >= 15 is 0 Å². The molecule has 1 aromatic carbocycles. The first-order valence-corrected chi connectivity index (χ1v) is 5.47. The fraction of sp³-hybridized carbons (Fsp3) is 0.250. The lowest BCUT2D eigenvalue weighted by atomic mass is 10.1. The first kappa shape index (κ1) is 11.1. The first-order chi connectivity index (χ1) is 7.63. The molecule has 3 nitrogen and oxygen atoms in total. The first-order valence-electron chi connectivity index (χ1n) is 5.02. The van der Waals surface area contributed by atoms with Crippen LogP contribution in [0.25, 0.3) is 11.0 Å². The van der Waals surface area contributed by atoms with Crippen LogP contribution in [0.2, 0.25) is 0 Å². The van der Waals surface area contributed by atoms with Crippen LogP contribution in [0.4, 0.5) is 0 Å². The Labute approximate surface area is 98.8 Å². The molecule has 84 valence electrons. The standard InChI is InChI=1S/C12H12O3S/c1-3-14-12(13)11-7(2)15-10-5-4-8(16)6-9(10)11/h4-6,16H,3H2,1-2H3. The molecule has 1 heterocycles. The molecule has 0 saturated carbocycles. The van der Waals surface area contributed by atoms with Crippen LogP contribution in [0.1, 0.15) is 23.0 Å². The molecular weight excluding hydrogens is 224 g/mol. The fourth-order valence-electron chi connectivity index (χ4n) is 1.66. The van der Waals surface area contributed by atoms with Crippen LogP contribution < -0.4 is 0 Å². The molecular formula is C12H12O3S. The van der Waals surface area contributed by atoms with Gasteiger partial charge in [0.05, 0.1) is 6.61 Å². The van der Waals surface area contributed by atoms with E-state index in [1.165, 1.54) is 0 Å². The highest BCUT2D eigenvalue weighted by Gasteiger charge is 2.19. The van der Waals surface area contributed by atoms with Gasteiger partial charge in [-0.25, -0.2) is 4.79 Å². The van der Waals surface area contributed by atoms with E-state index in [4.69, 9.17) is 9.15 Å². The van der Waals surface area contributed by atoms with Gasteiger partial charge in [0, 0.05) is 10.3 Å². The minimum absolute atomic E-state index is 0.349. The van der Waals surface area contributed by atoms with Gasteiger partial charge in [0.25, 0.3) is 0 Å². The number of ether oxygens (including phenoxy) is 1. The summed E-state index contributed by atoms with van der Waals surface area (Å²) < 4.78 is 10.5. The van der Waals surface area contributed by atoms with Gasteiger partial charge in [-0.2, -0.15) is 0 Å². The SMILES string of the molecule is CCOC(=O)c1c(C)oc2ccc(S)cc12. The molecule has 0 N–H and O–H groups in total. The molecule has 0 amide bonds. The Balaban J connectivity index is 2.62. The number of furan rings is 1. The predicted molar refractivity (Wildman–Crippen MR) is 64.2 cm³/mol. The Morgan fingerprint density at radius 3 is 2.94 bits per heavy atom. The zero-order valence-corrected chi connectivity index (χ0v) is 10.0. The van der Waals surface area contributed by atoms with E-state index in [9.17, 15) is 4.79 Å². The topological polar surface area (TPSA) is 39.4 Å². The second-order valence-electron chi connectivity index (χ2n) is 3.43. The van der Waals surface area contributed by atoms with Crippen molar-refractivity contribution in [3.63, 3.8) is 0 Å². The van der Waals surface area contributed by atoms with Crippen molar-refractivity contribution in [1.29, 1.82) is 0 Å². The van der Waals surface area contributed by atoms with Crippen LogP contribution in [0.3, 0.4) is 0 Å². The average molecular weight is 236 g/mol. The van der Waals surface area contributed by atoms with Crippen molar-refractivity contribution in [2.45, 2.75) is 18.7 Å². The fourth-order valence-corrected chi connectivity index (χ4v) is 1.87. The molecule has 0 radical (unpaired) electrons. The molecule has 1 aromatic heterocycles. The lowest BCUT2D eigenvalue weighted by Crippen LogP contribution is -2.05. The average Bonchev–Trinajstić information content (AvgIpc) is 2.53. The quantitative estimate of drug-likeness (QED) is 0.643. The second kappa shape index (κ2) is 4.22. The van der Waals surface area contributed by atoms with Crippen LogP contribution in [-0.2, 0) is 4.74 Å². The summed E-state index contributed by atoms with van der Waals surface area (Å²) in [6.07, 6.45) is 0. The van der Waals surface area contributed by atoms with Crippen molar-refractivity contribution >= 4 is 29.6 Å². The summed E-state index contributed by atoms with van der Waals surface area (Å²) in [6, 6.07) is 5.43. The summed E-state index contributed by atoms with van der Waals surface area (Å²) in [7, 11) is 0. The van der Waals surface area contributed by atoms with E-state index in [1.54, 1.807) is 26.0 Å². The Kier molecular flexibility index (Phi) is 2.92. The maximum Gasteiger partial charge on any atom is 0.342 e. The molecule has 0 atom stereocenters. The van der Waals surface area contributed by atoms with Crippen LogP contribution in [-0.4, -0.2) is 12.6 Å². The summed E-state index contributed by atoms with van der Waals surface area (Å²) in [5.74, 6) is 0.227. The lowest BCUT2D eigenvalue weighted by molar-refractivity contribution is 0.0526. The number of fused-ring (bicyclic) bond motifs is 1. The minimum Gasteiger partial charge on any atom is -0.462 e. The summed E-state index contributed by atoms with van der Waals surface area (Å²) in [5.41, 5.74) is 1.17. The molecule has 0 fully saturated rings. The van der Waals surface area contributed by atoms with Gasteiger partial charge in [-0.1, -0.05) is 0 Å². The smallest absolute Gasteiger partial charge is 0.342 e. The van der Waals surface area contributed by atoms with E-state index < -0.39 is 0 Å². The molecule has 0 aliphatic rings. The largest absolute Gasteiger partial charge is 0.462 e. The van der Waals surface area contributed by atoms with Crippen molar-refractivity contribution in [3.05, 3.63) is 29.5 Å². The Hall–Kier alpha value is -1.42.